The number of piperazine rings is 1. The molecule has 0 saturated carbocycles. The zero-order valence-electron chi connectivity index (χ0n) is 13.5. The van der Waals surface area contributed by atoms with Crippen LogP contribution in [0.15, 0.2) is 12.4 Å². The van der Waals surface area contributed by atoms with Crippen molar-refractivity contribution in [3.05, 3.63) is 18.0 Å². The monoisotopic (exact) mass is 278 g/mol. The van der Waals surface area contributed by atoms with Crippen LogP contribution in [-0.4, -0.2) is 39.4 Å². The van der Waals surface area contributed by atoms with Gasteiger partial charge in [0, 0.05) is 49.5 Å². The van der Waals surface area contributed by atoms with E-state index in [1.54, 1.807) is 0 Å². The van der Waals surface area contributed by atoms with Gasteiger partial charge in [0.25, 0.3) is 0 Å². The van der Waals surface area contributed by atoms with Crippen LogP contribution in [0.2, 0.25) is 0 Å². The summed E-state index contributed by atoms with van der Waals surface area (Å²) in [6.45, 7) is 13.3. The molecule has 0 aliphatic carbocycles. The van der Waals surface area contributed by atoms with Crippen molar-refractivity contribution in [3.8, 4) is 0 Å². The molecule has 0 spiro atoms. The summed E-state index contributed by atoms with van der Waals surface area (Å²) < 4.78 is 2.02. The van der Waals surface area contributed by atoms with Crippen LogP contribution in [0, 0.1) is 0 Å². The topological polar surface area (TPSA) is 33.1 Å². The molecule has 1 aromatic rings. The Hall–Kier alpha value is -0.870. The van der Waals surface area contributed by atoms with E-state index in [1.165, 1.54) is 24.8 Å². The minimum absolute atomic E-state index is 0.298. The SMILES string of the molecule is CCC1CNC(CC)(CC)CN1Cc1cnn(CC)c1. The van der Waals surface area contributed by atoms with Crippen LogP contribution < -0.4 is 5.32 Å². The second kappa shape index (κ2) is 6.72. The van der Waals surface area contributed by atoms with Crippen LogP contribution in [-0.2, 0) is 13.1 Å². The van der Waals surface area contributed by atoms with Crippen LogP contribution in [0.25, 0.3) is 0 Å². The molecule has 0 bridgehead atoms. The molecule has 2 heterocycles. The van der Waals surface area contributed by atoms with Crippen molar-refractivity contribution in [2.24, 2.45) is 0 Å². The number of nitrogens with one attached hydrogen (secondary N) is 1. The standard InChI is InChI=1S/C16H30N4/c1-5-15-10-17-16(6-2,7-3)13-19(15)11-14-9-18-20(8-4)12-14/h9,12,15,17H,5-8,10-11,13H2,1-4H3. The summed E-state index contributed by atoms with van der Waals surface area (Å²) in [5.74, 6) is 0. The zero-order chi connectivity index (χ0) is 14.6. The average Bonchev–Trinajstić information content (AvgIpc) is 2.94. The molecule has 114 valence electrons. The normalized spacial score (nSPS) is 23.1. The van der Waals surface area contributed by atoms with Gasteiger partial charge >= 0.3 is 0 Å². The van der Waals surface area contributed by atoms with E-state index < -0.39 is 0 Å². The van der Waals surface area contributed by atoms with E-state index in [0.29, 0.717) is 11.6 Å². The second-order valence-corrected chi connectivity index (χ2v) is 6.04. The lowest BCUT2D eigenvalue weighted by molar-refractivity contribution is 0.0643. The lowest BCUT2D eigenvalue weighted by Gasteiger charge is -2.47. The third-order valence-electron chi connectivity index (χ3n) is 4.96. The molecule has 0 amide bonds. The molecular weight excluding hydrogens is 248 g/mol. The summed E-state index contributed by atoms with van der Waals surface area (Å²) in [6, 6.07) is 0.645. The molecule has 1 aliphatic rings. The Bertz CT molecular complexity index is 408. The molecule has 1 unspecified atom stereocenters. The van der Waals surface area contributed by atoms with Gasteiger partial charge in [-0.05, 0) is 26.2 Å². The minimum Gasteiger partial charge on any atom is -0.308 e. The second-order valence-electron chi connectivity index (χ2n) is 6.04. The highest BCUT2D eigenvalue weighted by atomic mass is 15.3. The van der Waals surface area contributed by atoms with Gasteiger partial charge in [0.15, 0.2) is 0 Å². The molecule has 1 fully saturated rings. The first-order valence-electron chi connectivity index (χ1n) is 8.16. The molecule has 4 heteroatoms. The van der Waals surface area contributed by atoms with Gasteiger partial charge in [-0.1, -0.05) is 20.8 Å². The highest BCUT2D eigenvalue weighted by Gasteiger charge is 2.35. The van der Waals surface area contributed by atoms with E-state index in [0.717, 1.165) is 26.2 Å². The van der Waals surface area contributed by atoms with E-state index in [4.69, 9.17) is 0 Å². The van der Waals surface area contributed by atoms with E-state index in [2.05, 4.69) is 49.2 Å². The van der Waals surface area contributed by atoms with Crippen molar-refractivity contribution in [2.75, 3.05) is 13.1 Å². The predicted octanol–water partition coefficient (Wildman–Crippen LogP) is 2.65. The number of rotatable bonds is 6. The van der Waals surface area contributed by atoms with Crippen LogP contribution in [0.4, 0.5) is 0 Å². The molecule has 1 aliphatic heterocycles. The van der Waals surface area contributed by atoms with Crippen molar-refractivity contribution in [3.63, 3.8) is 0 Å². The van der Waals surface area contributed by atoms with Crippen LogP contribution >= 0.6 is 0 Å². The summed E-state index contributed by atoms with van der Waals surface area (Å²) in [4.78, 5) is 2.65. The average molecular weight is 278 g/mol. The fraction of sp³-hybridized carbons (Fsp3) is 0.812. The van der Waals surface area contributed by atoms with E-state index in [-0.39, 0.29) is 0 Å². The smallest absolute Gasteiger partial charge is 0.0534 e. The number of nitrogens with zero attached hydrogens (tertiary/aromatic N) is 3. The van der Waals surface area contributed by atoms with E-state index in [9.17, 15) is 0 Å². The maximum absolute atomic E-state index is 4.40. The summed E-state index contributed by atoms with van der Waals surface area (Å²) >= 11 is 0. The van der Waals surface area contributed by atoms with Gasteiger partial charge < -0.3 is 5.32 Å². The molecule has 0 aromatic carbocycles. The van der Waals surface area contributed by atoms with Crippen LogP contribution in [0.3, 0.4) is 0 Å². The van der Waals surface area contributed by atoms with Crippen molar-refractivity contribution >= 4 is 0 Å². The van der Waals surface area contributed by atoms with Gasteiger partial charge in [0.1, 0.15) is 0 Å². The van der Waals surface area contributed by atoms with Gasteiger partial charge in [0.2, 0.25) is 0 Å². The number of aromatic nitrogens is 2. The summed E-state index contributed by atoms with van der Waals surface area (Å²) in [5.41, 5.74) is 1.64. The van der Waals surface area contributed by atoms with Crippen LogP contribution in [0.1, 0.15) is 52.5 Å². The number of hydrogen-bond acceptors (Lipinski definition) is 3. The largest absolute Gasteiger partial charge is 0.308 e. The Balaban J connectivity index is 2.08. The molecular formula is C16H30N4. The van der Waals surface area contributed by atoms with Crippen molar-refractivity contribution in [2.45, 2.75) is 71.6 Å². The Labute approximate surface area is 123 Å². The number of hydrogen-bond donors (Lipinski definition) is 1. The third-order valence-corrected chi connectivity index (χ3v) is 4.96. The molecule has 2 rings (SSSR count). The fourth-order valence-corrected chi connectivity index (χ4v) is 3.24. The van der Waals surface area contributed by atoms with Gasteiger partial charge in [0.05, 0.1) is 6.20 Å². The van der Waals surface area contributed by atoms with Gasteiger partial charge in [-0.3, -0.25) is 9.58 Å². The fourth-order valence-electron chi connectivity index (χ4n) is 3.24. The van der Waals surface area contributed by atoms with Crippen molar-refractivity contribution in [1.29, 1.82) is 0 Å². The van der Waals surface area contributed by atoms with Gasteiger partial charge in [-0.2, -0.15) is 5.10 Å². The summed E-state index contributed by atoms with van der Waals surface area (Å²) in [7, 11) is 0. The Kier molecular flexibility index (Phi) is 5.22. The quantitative estimate of drug-likeness (QED) is 0.868. The first-order valence-corrected chi connectivity index (χ1v) is 8.16. The van der Waals surface area contributed by atoms with Gasteiger partial charge in [-0.15, -0.1) is 0 Å². The summed E-state index contributed by atoms with van der Waals surface area (Å²) in [6.07, 6.45) is 7.82. The zero-order valence-corrected chi connectivity index (χ0v) is 13.5. The van der Waals surface area contributed by atoms with Crippen molar-refractivity contribution in [1.82, 2.24) is 20.0 Å². The Morgan fingerprint density at radius 1 is 1.30 bits per heavy atom. The predicted molar refractivity (Wildman–Crippen MR) is 83.7 cm³/mol. The Morgan fingerprint density at radius 2 is 2.05 bits per heavy atom. The van der Waals surface area contributed by atoms with E-state index >= 15 is 0 Å². The third kappa shape index (κ3) is 3.23. The minimum atomic E-state index is 0.298. The first-order chi connectivity index (χ1) is 9.66. The van der Waals surface area contributed by atoms with E-state index in [1.807, 2.05) is 10.9 Å². The first kappa shape index (κ1) is 15.5. The summed E-state index contributed by atoms with van der Waals surface area (Å²) in [5, 5.41) is 8.20. The molecule has 1 aromatic heterocycles. The molecule has 1 N–H and O–H groups in total. The van der Waals surface area contributed by atoms with Crippen molar-refractivity contribution < 1.29 is 0 Å². The molecule has 1 atom stereocenters. The molecule has 1 saturated heterocycles. The molecule has 0 radical (unpaired) electrons. The van der Waals surface area contributed by atoms with Crippen LogP contribution in [0.5, 0.6) is 0 Å². The Morgan fingerprint density at radius 3 is 2.60 bits per heavy atom. The number of aryl methyl sites for hydroxylation is 1. The maximum Gasteiger partial charge on any atom is 0.0534 e. The lowest BCUT2D eigenvalue weighted by Crippen LogP contribution is -2.63. The molecule has 4 nitrogen and oxygen atoms in total. The highest BCUT2D eigenvalue weighted by Crippen LogP contribution is 2.25. The highest BCUT2D eigenvalue weighted by molar-refractivity contribution is 5.06. The van der Waals surface area contributed by atoms with Gasteiger partial charge in [-0.25, -0.2) is 0 Å². The lowest BCUT2D eigenvalue weighted by atomic mass is 9.88. The molecule has 20 heavy (non-hydrogen) atoms. The maximum atomic E-state index is 4.40.